The van der Waals surface area contributed by atoms with Crippen molar-refractivity contribution >= 4 is 51.6 Å². The van der Waals surface area contributed by atoms with E-state index < -0.39 is 47.0 Å². The Labute approximate surface area is 313 Å². The predicted molar refractivity (Wildman–Crippen MR) is 199 cm³/mol. The fraction of sp³-hybridized carbons (Fsp3) is 0.513. The highest BCUT2D eigenvalue weighted by molar-refractivity contribution is 6.30. The van der Waals surface area contributed by atoms with Gasteiger partial charge in [0.2, 0.25) is 5.88 Å². The van der Waals surface area contributed by atoms with Crippen molar-refractivity contribution in [1.29, 1.82) is 0 Å². The number of fused-ring (bicyclic) bond motifs is 3. The van der Waals surface area contributed by atoms with Crippen molar-refractivity contribution in [1.82, 2.24) is 19.9 Å². The smallest absolute Gasteiger partial charge is 0.410 e. The summed E-state index contributed by atoms with van der Waals surface area (Å²) in [5.41, 5.74) is -1.63. The molecule has 1 aromatic carbocycles. The standard InChI is InChI=1S/C39H47ClFN5O7/c1-9-16-49-22-30-43-31-26-12-10-11-13-29(26)51-32(31)33(44-30)46-21-25(18-28(46)35(47)52-37(3,4)5)50-34-27(17-24(40)19-42-34)39(41)14-15-45(20-23(39)2)36(48)53-38(6,7)8/h9-13,17,19,23,25,28H,1,14-16,18,20-22H2,2-8H3/t23-,25-,28-,39+/m0/s1. The van der Waals surface area contributed by atoms with Crippen molar-refractivity contribution in [2.45, 2.75) is 96.9 Å². The van der Waals surface area contributed by atoms with Gasteiger partial charge in [0.05, 0.1) is 23.7 Å². The number of ether oxygens (including phenoxy) is 4. The van der Waals surface area contributed by atoms with Crippen molar-refractivity contribution in [2.75, 3.05) is 31.1 Å². The van der Waals surface area contributed by atoms with Crippen LogP contribution in [-0.2, 0) is 31.3 Å². The maximum absolute atomic E-state index is 17.3. The molecule has 0 saturated carbocycles. The number of esters is 1. The van der Waals surface area contributed by atoms with E-state index in [1.807, 2.05) is 24.3 Å². The van der Waals surface area contributed by atoms with Crippen LogP contribution in [0.5, 0.6) is 5.88 Å². The van der Waals surface area contributed by atoms with Crippen molar-refractivity contribution in [3.8, 4) is 5.88 Å². The molecule has 4 aromatic rings. The third-order valence-electron chi connectivity index (χ3n) is 9.15. The fourth-order valence-corrected chi connectivity index (χ4v) is 6.96. The predicted octanol–water partition coefficient (Wildman–Crippen LogP) is 7.94. The highest BCUT2D eigenvalue weighted by Crippen LogP contribution is 2.46. The molecule has 0 radical (unpaired) electrons. The first kappa shape index (κ1) is 38.2. The number of anilines is 1. The topological polar surface area (TPSA) is 129 Å². The van der Waals surface area contributed by atoms with Crippen LogP contribution in [0, 0.1) is 5.92 Å². The molecule has 12 nitrogen and oxygen atoms in total. The first-order valence-corrected chi connectivity index (χ1v) is 18.2. The third-order valence-corrected chi connectivity index (χ3v) is 9.35. The Morgan fingerprint density at radius 2 is 1.85 bits per heavy atom. The van der Waals surface area contributed by atoms with Gasteiger partial charge in [0, 0.05) is 43.4 Å². The Morgan fingerprint density at radius 3 is 2.55 bits per heavy atom. The summed E-state index contributed by atoms with van der Waals surface area (Å²) in [5.74, 6) is -0.310. The monoisotopic (exact) mass is 751 g/mol. The number of pyridine rings is 1. The second-order valence-electron chi connectivity index (χ2n) is 15.7. The molecular weight excluding hydrogens is 705 g/mol. The maximum Gasteiger partial charge on any atom is 0.410 e. The molecule has 2 aliphatic heterocycles. The summed E-state index contributed by atoms with van der Waals surface area (Å²) in [6.45, 7) is 17.0. The number of carbonyl (C=O) groups is 2. The molecule has 0 unspecified atom stereocenters. The van der Waals surface area contributed by atoms with Crippen LogP contribution in [0.15, 0.2) is 53.6 Å². The van der Waals surface area contributed by atoms with Gasteiger partial charge in [0.25, 0.3) is 0 Å². The van der Waals surface area contributed by atoms with E-state index in [-0.39, 0.29) is 55.5 Å². The lowest BCUT2D eigenvalue weighted by molar-refractivity contribution is -0.156. The normalized spacial score (nSPS) is 22.3. The molecule has 2 fully saturated rings. The van der Waals surface area contributed by atoms with Crippen LogP contribution in [0.1, 0.15) is 72.7 Å². The molecule has 4 atom stereocenters. The quantitative estimate of drug-likeness (QED) is 0.0939. The first-order valence-electron chi connectivity index (χ1n) is 17.8. The largest absolute Gasteiger partial charge is 0.472 e. The van der Waals surface area contributed by atoms with Crippen LogP contribution < -0.4 is 9.64 Å². The first-order chi connectivity index (χ1) is 25.0. The van der Waals surface area contributed by atoms with Crippen LogP contribution in [0.25, 0.3) is 22.1 Å². The number of nitrogens with zero attached hydrogens (tertiary/aromatic N) is 5. The van der Waals surface area contributed by atoms with E-state index in [0.717, 1.165) is 5.39 Å². The number of furan rings is 1. The number of rotatable bonds is 9. The molecule has 0 aliphatic carbocycles. The van der Waals surface area contributed by atoms with Crippen LogP contribution in [0.4, 0.5) is 15.0 Å². The third kappa shape index (κ3) is 8.36. The van der Waals surface area contributed by atoms with Gasteiger partial charge in [-0.05, 0) is 59.7 Å². The maximum atomic E-state index is 17.3. The molecule has 5 heterocycles. The van der Waals surface area contributed by atoms with E-state index in [1.54, 1.807) is 59.4 Å². The number of para-hydroxylation sites is 1. The van der Waals surface area contributed by atoms with E-state index in [4.69, 9.17) is 44.9 Å². The molecular formula is C39H47ClFN5O7. The zero-order valence-corrected chi connectivity index (χ0v) is 32.0. The Morgan fingerprint density at radius 1 is 1.11 bits per heavy atom. The van der Waals surface area contributed by atoms with E-state index in [0.29, 0.717) is 34.9 Å². The molecule has 14 heteroatoms. The highest BCUT2D eigenvalue weighted by Gasteiger charge is 2.48. The minimum Gasteiger partial charge on any atom is -0.472 e. The van der Waals surface area contributed by atoms with Crippen molar-refractivity contribution in [3.63, 3.8) is 0 Å². The molecule has 0 bridgehead atoms. The van der Waals surface area contributed by atoms with E-state index in [2.05, 4.69) is 11.6 Å². The molecule has 2 saturated heterocycles. The van der Waals surface area contributed by atoms with Gasteiger partial charge in [-0.15, -0.1) is 6.58 Å². The van der Waals surface area contributed by atoms with Crippen LogP contribution in [0.3, 0.4) is 0 Å². The fourth-order valence-electron chi connectivity index (χ4n) is 6.80. The zero-order valence-electron chi connectivity index (χ0n) is 31.3. The van der Waals surface area contributed by atoms with E-state index in [1.165, 1.54) is 17.2 Å². The molecule has 6 rings (SSSR count). The number of piperidine rings is 1. The summed E-state index contributed by atoms with van der Waals surface area (Å²) < 4.78 is 47.3. The molecule has 2 aliphatic rings. The Hall–Kier alpha value is -4.49. The number of likely N-dealkylation sites (tertiary alicyclic amines) is 1. The number of alkyl halides is 1. The van der Waals surface area contributed by atoms with Gasteiger partial charge in [-0.1, -0.05) is 36.7 Å². The number of aromatic nitrogens is 3. The van der Waals surface area contributed by atoms with Crippen molar-refractivity contribution in [2.24, 2.45) is 5.92 Å². The Kier molecular flexibility index (Phi) is 10.6. The lowest BCUT2D eigenvalue weighted by Crippen LogP contribution is -2.50. The van der Waals surface area contributed by atoms with E-state index >= 15 is 4.39 Å². The lowest BCUT2D eigenvalue weighted by Gasteiger charge is -2.42. The Bertz CT molecular complexity index is 2010. The van der Waals surface area contributed by atoms with E-state index in [9.17, 15) is 9.59 Å². The van der Waals surface area contributed by atoms with Gasteiger partial charge < -0.3 is 33.2 Å². The summed E-state index contributed by atoms with van der Waals surface area (Å²) in [7, 11) is 0. The summed E-state index contributed by atoms with van der Waals surface area (Å²) in [6.07, 6.45) is 2.04. The number of amides is 1. The zero-order chi connectivity index (χ0) is 38.3. The SMILES string of the molecule is C=CCOCc1nc(N2C[C@@H](Oc3ncc(Cl)cc3[C@@]3(F)CCN(C(=O)OC(C)(C)C)C[C@@H]3C)C[C@H]2C(=O)OC(C)(C)C)c2oc3ccccc3c2n1. The van der Waals surface area contributed by atoms with Gasteiger partial charge in [-0.3, -0.25) is 0 Å². The van der Waals surface area contributed by atoms with Crippen LogP contribution >= 0.6 is 11.6 Å². The summed E-state index contributed by atoms with van der Waals surface area (Å²) in [4.78, 5) is 44.2. The summed E-state index contributed by atoms with van der Waals surface area (Å²) >= 11 is 6.41. The number of carbonyl (C=O) groups excluding carboxylic acids is 2. The highest BCUT2D eigenvalue weighted by atomic mass is 35.5. The number of halogens is 2. The second-order valence-corrected chi connectivity index (χ2v) is 16.1. The molecule has 3 aromatic heterocycles. The average molecular weight is 752 g/mol. The minimum absolute atomic E-state index is 0.0230. The molecule has 53 heavy (non-hydrogen) atoms. The van der Waals surface area contributed by atoms with Gasteiger partial charge in [-0.2, -0.15) is 0 Å². The Balaban J connectivity index is 1.35. The van der Waals surface area contributed by atoms with Gasteiger partial charge in [0.15, 0.2) is 17.2 Å². The minimum atomic E-state index is -1.93. The summed E-state index contributed by atoms with van der Waals surface area (Å²) in [5, 5.41) is 1.03. The molecule has 0 spiro atoms. The molecule has 1 amide bonds. The number of hydrogen-bond acceptors (Lipinski definition) is 11. The van der Waals surface area contributed by atoms with Crippen LogP contribution in [-0.4, -0.2) is 81.5 Å². The molecule has 0 N–H and O–H groups in total. The lowest BCUT2D eigenvalue weighted by atomic mass is 9.79. The van der Waals surface area contributed by atoms with Gasteiger partial charge in [-0.25, -0.2) is 28.9 Å². The number of hydrogen-bond donors (Lipinski definition) is 0. The average Bonchev–Trinajstić information content (AvgIpc) is 3.67. The summed E-state index contributed by atoms with van der Waals surface area (Å²) in [6, 6.07) is 8.19. The van der Waals surface area contributed by atoms with Gasteiger partial charge in [0.1, 0.15) is 46.7 Å². The van der Waals surface area contributed by atoms with Crippen LogP contribution in [0.2, 0.25) is 5.02 Å². The van der Waals surface area contributed by atoms with Gasteiger partial charge >= 0.3 is 12.1 Å². The number of benzene rings is 1. The van der Waals surface area contributed by atoms with Crippen molar-refractivity contribution < 1.29 is 37.3 Å². The van der Waals surface area contributed by atoms with Crippen molar-refractivity contribution in [3.05, 3.63) is 65.6 Å². The molecule has 284 valence electrons. The second kappa shape index (κ2) is 14.7.